The van der Waals surface area contributed by atoms with Crippen molar-refractivity contribution < 1.29 is 9.53 Å². The fourth-order valence-electron chi connectivity index (χ4n) is 2.85. The van der Waals surface area contributed by atoms with E-state index in [4.69, 9.17) is 4.74 Å². The number of carbonyl (C=O) groups excluding carboxylic acids is 1. The first-order valence-corrected chi connectivity index (χ1v) is 8.65. The Labute approximate surface area is 131 Å². The first-order chi connectivity index (χ1) is 10.1. The van der Waals surface area contributed by atoms with Crippen LogP contribution in [0.15, 0.2) is 29.2 Å². The molecule has 0 saturated heterocycles. The number of ether oxygens (including phenoxy) is 1. The second kappa shape index (κ2) is 7.74. The molecule has 1 amide bonds. The Morgan fingerprint density at radius 3 is 2.67 bits per heavy atom. The van der Waals surface area contributed by atoms with Gasteiger partial charge >= 0.3 is 0 Å². The lowest BCUT2D eigenvalue weighted by molar-refractivity contribution is -0.119. The van der Waals surface area contributed by atoms with Gasteiger partial charge in [0.25, 0.3) is 0 Å². The number of amides is 1. The largest absolute Gasteiger partial charge is 0.497 e. The summed E-state index contributed by atoms with van der Waals surface area (Å²) >= 11 is 1.57. The number of carbonyl (C=O) groups is 1. The van der Waals surface area contributed by atoms with Crippen molar-refractivity contribution in [2.45, 2.75) is 44.0 Å². The molecule has 3 nitrogen and oxygen atoms in total. The van der Waals surface area contributed by atoms with Crippen molar-refractivity contribution in [1.82, 2.24) is 5.32 Å². The molecule has 0 aliphatic heterocycles. The highest BCUT2D eigenvalue weighted by atomic mass is 32.2. The van der Waals surface area contributed by atoms with Crippen molar-refractivity contribution in [2.75, 3.05) is 12.9 Å². The number of nitrogens with one attached hydrogen (secondary N) is 1. The van der Waals surface area contributed by atoms with E-state index in [0.717, 1.165) is 17.1 Å². The number of hydrogen-bond acceptors (Lipinski definition) is 3. The zero-order valence-corrected chi connectivity index (χ0v) is 13.9. The van der Waals surface area contributed by atoms with Crippen LogP contribution in [0, 0.1) is 11.8 Å². The molecule has 3 atom stereocenters. The van der Waals surface area contributed by atoms with Gasteiger partial charge in [-0.05, 0) is 42.5 Å². The van der Waals surface area contributed by atoms with E-state index < -0.39 is 0 Å². The van der Waals surface area contributed by atoms with Gasteiger partial charge in [0.2, 0.25) is 5.91 Å². The Kier molecular flexibility index (Phi) is 5.97. The summed E-state index contributed by atoms with van der Waals surface area (Å²) in [5.41, 5.74) is 0. The molecule has 0 spiro atoms. The molecular weight excluding hydrogens is 282 g/mol. The maximum absolute atomic E-state index is 12.1. The van der Waals surface area contributed by atoms with Crippen LogP contribution in [0.5, 0.6) is 5.75 Å². The van der Waals surface area contributed by atoms with Gasteiger partial charge in [-0.15, -0.1) is 11.8 Å². The molecule has 1 aliphatic rings. The highest BCUT2D eigenvalue weighted by molar-refractivity contribution is 8.00. The van der Waals surface area contributed by atoms with Gasteiger partial charge in [-0.25, -0.2) is 0 Å². The Morgan fingerprint density at radius 2 is 2.00 bits per heavy atom. The first kappa shape index (κ1) is 16.2. The van der Waals surface area contributed by atoms with E-state index in [-0.39, 0.29) is 5.91 Å². The molecule has 1 N–H and O–H groups in total. The maximum Gasteiger partial charge on any atom is 0.230 e. The van der Waals surface area contributed by atoms with Crippen molar-refractivity contribution in [1.29, 1.82) is 0 Å². The lowest BCUT2D eigenvalue weighted by Crippen LogP contribution is -2.44. The normalized spacial score (nSPS) is 25.4. The van der Waals surface area contributed by atoms with Crippen LogP contribution in [-0.4, -0.2) is 24.8 Å². The minimum atomic E-state index is 0.141. The van der Waals surface area contributed by atoms with E-state index in [1.165, 1.54) is 12.8 Å². The van der Waals surface area contributed by atoms with Gasteiger partial charge in [0.05, 0.1) is 12.9 Å². The molecule has 1 aromatic carbocycles. The monoisotopic (exact) mass is 307 g/mol. The minimum absolute atomic E-state index is 0.141. The van der Waals surface area contributed by atoms with Crippen LogP contribution in [0.4, 0.5) is 0 Å². The van der Waals surface area contributed by atoms with E-state index in [1.54, 1.807) is 18.9 Å². The molecule has 1 aliphatic carbocycles. The Bertz CT molecular complexity index is 460. The highest BCUT2D eigenvalue weighted by Crippen LogP contribution is 2.29. The quantitative estimate of drug-likeness (QED) is 0.842. The lowest BCUT2D eigenvalue weighted by Gasteiger charge is -2.34. The van der Waals surface area contributed by atoms with Gasteiger partial charge in [-0.3, -0.25) is 4.79 Å². The first-order valence-electron chi connectivity index (χ1n) is 7.66. The van der Waals surface area contributed by atoms with Crippen LogP contribution < -0.4 is 10.1 Å². The summed E-state index contributed by atoms with van der Waals surface area (Å²) in [5.74, 6) is 2.74. The van der Waals surface area contributed by atoms with Gasteiger partial charge < -0.3 is 10.1 Å². The van der Waals surface area contributed by atoms with Crippen molar-refractivity contribution in [3.63, 3.8) is 0 Å². The molecule has 0 bridgehead atoms. The van der Waals surface area contributed by atoms with E-state index in [0.29, 0.717) is 23.6 Å². The molecule has 1 aromatic rings. The Hall–Kier alpha value is -1.16. The van der Waals surface area contributed by atoms with Gasteiger partial charge in [0, 0.05) is 10.9 Å². The third-order valence-electron chi connectivity index (χ3n) is 4.48. The molecule has 0 radical (unpaired) electrons. The minimum Gasteiger partial charge on any atom is -0.497 e. The van der Waals surface area contributed by atoms with Gasteiger partial charge in [0.1, 0.15) is 5.75 Å². The average Bonchev–Trinajstić information content (AvgIpc) is 2.50. The van der Waals surface area contributed by atoms with Crippen molar-refractivity contribution in [3.05, 3.63) is 24.3 Å². The fraction of sp³-hybridized carbons (Fsp3) is 0.588. The number of thioether (sulfide) groups is 1. The summed E-state index contributed by atoms with van der Waals surface area (Å²) in [6.07, 6.45) is 3.63. The van der Waals surface area contributed by atoms with Gasteiger partial charge in [-0.1, -0.05) is 26.7 Å². The smallest absolute Gasteiger partial charge is 0.230 e. The third-order valence-corrected chi connectivity index (χ3v) is 5.49. The van der Waals surface area contributed by atoms with Crippen LogP contribution in [0.2, 0.25) is 0 Å². The zero-order valence-electron chi connectivity index (χ0n) is 13.1. The summed E-state index contributed by atoms with van der Waals surface area (Å²) in [6, 6.07) is 8.16. The van der Waals surface area contributed by atoms with Crippen molar-refractivity contribution in [2.24, 2.45) is 11.8 Å². The lowest BCUT2D eigenvalue weighted by atomic mass is 9.78. The number of benzene rings is 1. The molecular formula is C17H25NO2S. The molecule has 116 valence electrons. The maximum atomic E-state index is 12.1. The molecule has 1 fully saturated rings. The van der Waals surface area contributed by atoms with E-state index in [1.807, 2.05) is 24.3 Å². The predicted octanol–water partition coefficient (Wildman–Crippen LogP) is 3.73. The van der Waals surface area contributed by atoms with Crippen LogP contribution in [-0.2, 0) is 4.79 Å². The summed E-state index contributed by atoms with van der Waals surface area (Å²) in [4.78, 5) is 13.2. The van der Waals surface area contributed by atoms with Crippen molar-refractivity contribution in [3.8, 4) is 5.75 Å². The van der Waals surface area contributed by atoms with Crippen LogP contribution in [0.25, 0.3) is 0 Å². The van der Waals surface area contributed by atoms with E-state index >= 15 is 0 Å². The third kappa shape index (κ3) is 4.67. The van der Waals surface area contributed by atoms with E-state index in [2.05, 4.69) is 19.2 Å². The zero-order chi connectivity index (χ0) is 15.2. The molecule has 0 heterocycles. The number of hydrogen-bond donors (Lipinski definition) is 1. The molecule has 3 unspecified atom stereocenters. The van der Waals surface area contributed by atoms with Crippen LogP contribution in [0.1, 0.15) is 33.1 Å². The summed E-state index contributed by atoms with van der Waals surface area (Å²) in [5, 5.41) is 3.21. The fourth-order valence-corrected chi connectivity index (χ4v) is 3.56. The standard InChI is InChI=1S/C17H25NO2S/c1-12-5-4-6-16(13(12)2)18-17(19)11-21-15-9-7-14(20-3)8-10-15/h7-10,12-13,16H,4-6,11H2,1-3H3,(H,18,19). The van der Waals surface area contributed by atoms with E-state index in [9.17, 15) is 4.79 Å². The molecule has 21 heavy (non-hydrogen) atoms. The van der Waals surface area contributed by atoms with Crippen LogP contribution in [0.3, 0.4) is 0 Å². The molecule has 1 saturated carbocycles. The summed E-state index contributed by atoms with van der Waals surface area (Å²) < 4.78 is 5.13. The second-order valence-corrected chi connectivity index (χ2v) is 6.95. The van der Waals surface area contributed by atoms with Crippen LogP contribution >= 0.6 is 11.8 Å². The molecule has 0 aromatic heterocycles. The van der Waals surface area contributed by atoms with Crippen molar-refractivity contribution >= 4 is 17.7 Å². The average molecular weight is 307 g/mol. The predicted molar refractivity (Wildman–Crippen MR) is 87.8 cm³/mol. The topological polar surface area (TPSA) is 38.3 Å². The molecule has 2 rings (SSSR count). The summed E-state index contributed by atoms with van der Waals surface area (Å²) in [6.45, 7) is 4.54. The highest BCUT2D eigenvalue weighted by Gasteiger charge is 2.27. The SMILES string of the molecule is COc1ccc(SCC(=O)NC2CCCC(C)C2C)cc1. The van der Waals surface area contributed by atoms with Gasteiger partial charge in [-0.2, -0.15) is 0 Å². The molecule has 4 heteroatoms. The Morgan fingerprint density at radius 1 is 1.29 bits per heavy atom. The number of rotatable bonds is 5. The number of methoxy groups -OCH3 is 1. The second-order valence-electron chi connectivity index (χ2n) is 5.91. The Balaban J connectivity index is 1.78. The summed E-state index contributed by atoms with van der Waals surface area (Å²) in [7, 11) is 1.65. The van der Waals surface area contributed by atoms with Gasteiger partial charge in [0.15, 0.2) is 0 Å².